The number of rotatable bonds is 5. The van der Waals surface area contributed by atoms with Crippen molar-refractivity contribution in [3.05, 3.63) is 63.2 Å². The quantitative estimate of drug-likeness (QED) is 0.501. The first kappa shape index (κ1) is 17.5. The van der Waals surface area contributed by atoms with Crippen molar-refractivity contribution in [2.75, 3.05) is 11.9 Å². The first-order valence-electron chi connectivity index (χ1n) is 7.57. The summed E-state index contributed by atoms with van der Waals surface area (Å²) < 4.78 is 32.9. The summed E-state index contributed by atoms with van der Waals surface area (Å²) in [4.78, 5) is 33.3. The minimum atomic E-state index is -0.999. The molecule has 3 rings (SSSR count). The van der Waals surface area contributed by atoms with Gasteiger partial charge in [-0.2, -0.15) is 0 Å². The Bertz CT molecular complexity index is 930. The zero-order chi connectivity index (χ0) is 18.8. The van der Waals surface area contributed by atoms with Crippen LogP contribution in [0.5, 0.6) is 5.75 Å². The number of halogens is 2. The van der Waals surface area contributed by atoms with Crippen LogP contribution in [0.4, 0.5) is 20.2 Å². The summed E-state index contributed by atoms with van der Waals surface area (Å²) in [6.45, 7) is -0.642. The van der Waals surface area contributed by atoms with Crippen LogP contribution in [-0.4, -0.2) is 23.2 Å². The molecule has 7 nitrogen and oxygen atoms in total. The average molecular weight is 362 g/mol. The van der Waals surface area contributed by atoms with E-state index in [0.29, 0.717) is 23.7 Å². The molecule has 134 valence electrons. The maximum absolute atomic E-state index is 14.1. The standard InChI is InChI=1S/C17H12F2N2O5/c18-12-7-14-9(1-4-17(23)20-14)5-11(12)15(22)8-26-16-3-2-10(21(24)25)6-13(16)19/h2-3,5-7H,1,4,8H2,(H,20,23). The third-order valence-electron chi connectivity index (χ3n) is 3.87. The number of Topliss-reactive ketones (excluding diaryl/α,β-unsaturated/α-hetero) is 1. The lowest BCUT2D eigenvalue weighted by molar-refractivity contribution is -0.385. The van der Waals surface area contributed by atoms with E-state index in [4.69, 9.17) is 4.74 Å². The molecule has 0 fully saturated rings. The molecule has 1 N–H and O–H groups in total. The molecule has 0 atom stereocenters. The lowest BCUT2D eigenvalue weighted by Crippen LogP contribution is -2.21. The van der Waals surface area contributed by atoms with E-state index in [1.165, 1.54) is 6.07 Å². The van der Waals surface area contributed by atoms with Crippen LogP contribution >= 0.6 is 0 Å². The highest BCUT2D eigenvalue weighted by Crippen LogP contribution is 2.27. The predicted molar refractivity (Wildman–Crippen MR) is 86.2 cm³/mol. The fourth-order valence-electron chi connectivity index (χ4n) is 2.56. The number of non-ortho nitro benzene ring substituents is 1. The van der Waals surface area contributed by atoms with Crippen molar-refractivity contribution in [3.8, 4) is 5.75 Å². The number of nitro groups is 1. The first-order chi connectivity index (χ1) is 12.3. The highest BCUT2D eigenvalue weighted by Gasteiger charge is 2.21. The molecule has 1 aliphatic heterocycles. The molecular formula is C17H12F2N2O5. The molecule has 2 aromatic rings. The lowest BCUT2D eigenvalue weighted by Gasteiger charge is -2.18. The van der Waals surface area contributed by atoms with Crippen molar-refractivity contribution in [1.29, 1.82) is 0 Å². The van der Waals surface area contributed by atoms with Gasteiger partial charge in [0.2, 0.25) is 11.7 Å². The molecule has 0 saturated heterocycles. The molecule has 1 aliphatic rings. The Morgan fingerprint density at radius 1 is 1.19 bits per heavy atom. The van der Waals surface area contributed by atoms with Crippen LogP contribution < -0.4 is 10.1 Å². The fourth-order valence-corrected chi connectivity index (χ4v) is 2.56. The summed E-state index contributed by atoms with van der Waals surface area (Å²) in [6.07, 6.45) is 0.607. The van der Waals surface area contributed by atoms with E-state index in [0.717, 1.165) is 18.2 Å². The third-order valence-corrected chi connectivity index (χ3v) is 3.87. The molecule has 26 heavy (non-hydrogen) atoms. The van der Waals surface area contributed by atoms with Gasteiger partial charge in [-0.1, -0.05) is 0 Å². The number of ketones is 1. The summed E-state index contributed by atoms with van der Waals surface area (Å²) in [7, 11) is 0. The monoisotopic (exact) mass is 362 g/mol. The minimum absolute atomic E-state index is 0.229. The van der Waals surface area contributed by atoms with Crippen molar-refractivity contribution in [2.45, 2.75) is 12.8 Å². The molecule has 0 saturated carbocycles. The van der Waals surface area contributed by atoms with Crippen LogP contribution in [0, 0.1) is 21.7 Å². The molecule has 0 spiro atoms. The number of carbonyl (C=O) groups is 2. The van der Waals surface area contributed by atoms with Crippen molar-refractivity contribution in [1.82, 2.24) is 0 Å². The maximum atomic E-state index is 14.1. The number of carbonyl (C=O) groups excluding carboxylic acids is 2. The van der Waals surface area contributed by atoms with Crippen molar-refractivity contribution in [3.63, 3.8) is 0 Å². The molecule has 0 aliphatic carbocycles. The van der Waals surface area contributed by atoms with Crippen molar-refractivity contribution >= 4 is 23.1 Å². The Hall–Kier alpha value is -3.36. The van der Waals surface area contributed by atoms with Crippen LogP contribution in [0.25, 0.3) is 0 Å². The van der Waals surface area contributed by atoms with Crippen molar-refractivity contribution < 1.29 is 28.0 Å². The third kappa shape index (κ3) is 3.51. The summed E-state index contributed by atoms with van der Waals surface area (Å²) in [5.74, 6) is -3.13. The number of nitrogens with zero attached hydrogens (tertiary/aromatic N) is 1. The summed E-state index contributed by atoms with van der Waals surface area (Å²) >= 11 is 0. The maximum Gasteiger partial charge on any atom is 0.272 e. The van der Waals surface area contributed by atoms with Gasteiger partial charge in [-0.3, -0.25) is 19.7 Å². The zero-order valence-corrected chi connectivity index (χ0v) is 13.3. The topological polar surface area (TPSA) is 98.5 Å². The Balaban J connectivity index is 1.75. The molecule has 0 bridgehead atoms. The Kier molecular flexibility index (Phi) is 4.61. The second-order valence-electron chi connectivity index (χ2n) is 5.62. The Morgan fingerprint density at radius 2 is 1.96 bits per heavy atom. The molecule has 9 heteroatoms. The van der Waals surface area contributed by atoms with E-state index >= 15 is 0 Å². The average Bonchev–Trinajstić information content (AvgIpc) is 2.59. The van der Waals surface area contributed by atoms with Gasteiger partial charge in [0, 0.05) is 18.2 Å². The van der Waals surface area contributed by atoms with Crippen LogP contribution in [0.1, 0.15) is 22.3 Å². The molecule has 0 unspecified atom stereocenters. The number of aryl methyl sites for hydroxylation is 1. The van der Waals surface area contributed by atoms with E-state index in [2.05, 4.69) is 5.32 Å². The Labute approximate surface area is 145 Å². The van der Waals surface area contributed by atoms with E-state index in [-0.39, 0.29) is 23.6 Å². The summed E-state index contributed by atoms with van der Waals surface area (Å²) in [6, 6.07) is 5.13. The van der Waals surface area contributed by atoms with Gasteiger partial charge in [-0.25, -0.2) is 8.78 Å². The number of benzene rings is 2. The number of nitro benzene ring substituents is 1. The molecule has 2 aromatic carbocycles. The molecule has 0 aromatic heterocycles. The van der Waals surface area contributed by atoms with Gasteiger partial charge in [0.15, 0.2) is 18.2 Å². The van der Waals surface area contributed by atoms with E-state index in [1.54, 1.807) is 0 Å². The van der Waals surface area contributed by atoms with Crippen molar-refractivity contribution in [2.24, 2.45) is 0 Å². The van der Waals surface area contributed by atoms with E-state index in [1.807, 2.05) is 0 Å². The lowest BCUT2D eigenvalue weighted by atomic mass is 9.98. The Morgan fingerprint density at radius 3 is 2.65 bits per heavy atom. The van der Waals surface area contributed by atoms with Crippen LogP contribution in [-0.2, 0) is 11.2 Å². The molecule has 1 amide bonds. The number of hydrogen-bond donors (Lipinski definition) is 1. The number of nitrogens with one attached hydrogen (secondary N) is 1. The van der Waals surface area contributed by atoms with Crippen LogP contribution in [0.15, 0.2) is 30.3 Å². The van der Waals surface area contributed by atoms with E-state index in [9.17, 15) is 28.5 Å². The van der Waals surface area contributed by atoms with Gasteiger partial charge in [0.05, 0.1) is 16.6 Å². The van der Waals surface area contributed by atoms with E-state index < -0.39 is 34.6 Å². The summed E-state index contributed by atoms with van der Waals surface area (Å²) in [5, 5.41) is 13.1. The van der Waals surface area contributed by atoms with Gasteiger partial charge in [0.25, 0.3) is 5.69 Å². The normalized spacial score (nSPS) is 12.9. The highest BCUT2D eigenvalue weighted by atomic mass is 19.1. The molecule has 0 radical (unpaired) electrons. The number of hydrogen-bond acceptors (Lipinski definition) is 5. The molecular weight excluding hydrogens is 350 g/mol. The van der Waals surface area contributed by atoms with Crippen LogP contribution in [0.3, 0.4) is 0 Å². The first-order valence-corrected chi connectivity index (χ1v) is 7.57. The highest BCUT2D eigenvalue weighted by molar-refractivity contribution is 6.00. The SMILES string of the molecule is O=C1CCc2cc(C(=O)COc3ccc([N+](=O)[O-])cc3F)c(F)cc2N1. The smallest absolute Gasteiger partial charge is 0.272 e. The van der Waals surface area contributed by atoms with Gasteiger partial charge in [-0.05, 0) is 30.2 Å². The second-order valence-corrected chi connectivity index (χ2v) is 5.62. The number of anilines is 1. The van der Waals surface area contributed by atoms with Gasteiger partial charge in [-0.15, -0.1) is 0 Å². The second kappa shape index (κ2) is 6.87. The minimum Gasteiger partial charge on any atom is -0.482 e. The fraction of sp³-hybridized carbons (Fsp3) is 0.176. The van der Waals surface area contributed by atoms with Gasteiger partial charge >= 0.3 is 0 Å². The van der Waals surface area contributed by atoms with Gasteiger partial charge < -0.3 is 10.1 Å². The zero-order valence-electron chi connectivity index (χ0n) is 13.3. The van der Waals surface area contributed by atoms with Gasteiger partial charge in [0.1, 0.15) is 5.82 Å². The summed E-state index contributed by atoms with van der Waals surface area (Å²) in [5.41, 5.74) is 0.250. The van der Waals surface area contributed by atoms with Crippen LogP contribution in [0.2, 0.25) is 0 Å². The number of amides is 1. The largest absolute Gasteiger partial charge is 0.482 e. The molecule has 1 heterocycles. The number of fused-ring (bicyclic) bond motifs is 1. The predicted octanol–water partition coefficient (Wildman–Crippen LogP) is 3.02. The number of ether oxygens (including phenoxy) is 1.